The van der Waals surface area contributed by atoms with Crippen molar-refractivity contribution in [2.75, 3.05) is 11.9 Å². The second kappa shape index (κ2) is 7.78. The highest BCUT2D eigenvalue weighted by atomic mass is 35.5. The Morgan fingerprint density at radius 1 is 1.00 bits per heavy atom. The first kappa shape index (κ1) is 19.7. The Bertz CT molecular complexity index is 1260. The first-order valence-corrected chi connectivity index (χ1v) is 10.9. The molecule has 0 saturated heterocycles. The molecule has 0 saturated carbocycles. The largest absolute Gasteiger partial charge is 0.356 e. The number of carbonyl (C=O) groups excluding carboxylic acids is 1. The number of aromatic nitrogens is 1. The summed E-state index contributed by atoms with van der Waals surface area (Å²) < 4.78 is 0. The Hall–Kier alpha value is -3.24. The zero-order valence-electron chi connectivity index (χ0n) is 17.6. The van der Waals surface area contributed by atoms with E-state index in [9.17, 15) is 4.79 Å². The topological polar surface area (TPSA) is 48.1 Å². The van der Waals surface area contributed by atoms with Gasteiger partial charge >= 0.3 is 6.03 Å². The normalized spacial score (nSPS) is 15.7. The lowest BCUT2D eigenvalue weighted by Crippen LogP contribution is -2.43. The van der Waals surface area contributed by atoms with Gasteiger partial charge in [0, 0.05) is 33.9 Å². The Kier molecular flexibility index (Phi) is 4.95. The number of hydrogen-bond donors (Lipinski definition) is 2. The summed E-state index contributed by atoms with van der Waals surface area (Å²) in [4.78, 5) is 18.9. The standard InChI is InChI=1S/C26H24ClN3O/c1-16-3-7-18(8-4-16)25-24-21(22-15-19(27)9-12-23(22)29-24)13-14-30(25)26(31)28-20-10-5-17(2)6-11-20/h3-12,15,25,29H,13-14H2,1-2H3,(H,28,31). The molecule has 3 aromatic carbocycles. The van der Waals surface area contributed by atoms with Crippen LogP contribution in [0.3, 0.4) is 0 Å². The summed E-state index contributed by atoms with van der Waals surface area (Å²) in [5, 5.41) is 4.94. The molecule has 1 atom stereocenters. The molecule has 31 heavy (non-hydrogen) atoms. The summed E-state index contributed by atoms with van der Waals surface area (Å²) >= 11 is 6.28. The van der Waals surface area contributed by atoms with E-state index in [1.807, 2.05) is 54.3 Å². The zero-order valence-corrected chi connectivity index (χ0v) is 18.3. The molecule has 5 heteroatoms. The summed E-state index contributed by atoms with van der Waals surface area (Å²) in [5.74, 6) is 0. The van der Waals surface area contributed by atoms with Gasteiger partial charge in [-0.25, -0.2) is 4.79 Å². The predicted octanol–water partition coefficient (Wildman–Crippen LogP) is 6.62. The average Bonchev–Trinajstić information content (AvgIpc) is 3.13. The van der Waals surface area contributed by atoms with Gasteiger partial charge in [0.15, 0.2) is 0 Å². The van der Waals surface area contributed by atoms with Crippen LogP contribution in [0.25, 0.3) is 10.9 Å². The lowest BCUT2D eigenvalue weighted by Gasteiger charge is -2.36. The third-order valence-corrected chi connectivity index (χ3v) is 6.28. The molecule has 0 spiro atoms. The summed E-state index contributed by atoms with van der Waals surface area (Å²) in [7, 11) is 0. The number of halogens is 1. The van der Waals surface area contributed by atoms with Crippen LogP contribution in [0.15, 0.2) is 66.7 Å². The molecule has 0 bridgehead atoms. The van der Waals surface area contributed by atoms with Crippen LogP contribution in [0.5, 0.6) is 0 Å². The number of benzene rings is 3. The lowest BCUT2D eigenvalue weighted by atomic mass is 9.92. The fourth-order valence-electron chi connectivity index (χ4n) is 4.41. The van der Waals surface area contributed by atoms with Gasteiger partial charge in [-0.3, -0.25) is 0 Å². The SMILES string of the molecule is Cc1ccc(NC(=O)N2CCc3c([nH]c4ccc(Cl)cc34)C2c2ccc(C)cc2)cc1. The molecule has 0 aliphatic carbocycles. The maximum absolute atomic E-state index is 13.4. The van der Waals surface area contributed by atoms with Crippen molar-refractivity contribution >= 4 is 34.2 Å². The van der Waals surface area contributed by atoms with Gasteiger partial charge in [0.05, 0.1) is 6.04 Å². The van der Waals surface area contributed by atoms with Crippen molar-refractivity contribution in [1.82, 2.24) is 9.88 Å². The maximum Gasteiger partial charge on any atom is 0.322 e. The summed E-state index contributed by atoms with van der Waals surface area (Å²) in [5.41, 5.74) is 7.59. The van der Waals surface area contributed by atoms with E-state index >= 15 is 0 Å². The Labute approximate surface area is 186 Å². The molecule has 1 aliphatic rings. The molecule has 2 heterocycles. The quantitative estimate of drug-likeness (QED) is 0.369. The molecule has 4 aromatic rings. The van der Waals surface area contributed by atoms with Gasteiger partial charge in [0.25, 0.3) is 0 Å². The van der Waals surface area contributed by atoms with Crippen LogP contribution in [0.2, 0.25) is 5.02 Å². The van der Waals surface area contributed by atoms with Crippen molar-refractivity contribution in [3.8, 4) is 0 Å². The number of hydrogen-bond acceptors (Lipinski definition) is 1. The number of urea groups is 1. The number of aryl methyl sites for hydroxylation is 2. The summed E-state index contributed by atoms with van der Waals surface area (Å²) in [6.45, 7) is 4.74. The van der Waals surface area contributed by atoms with Gasteiger partial charge in [-0.15, -0.1) is 0 Å². The van der Waals surface area contributed by atoms with E-state index in [4.69, 9.17) is 11.6 Å². The molecule has 1 aromatic heterocycles. The Morgan fingerprint density at radius 3 is 2.39 bits per heavy atom. The van der Waals surface area contributed by atoms with Gasteiger partial charge in [-0.1, -0.05) is 59.1 Å². The third kappa shape index (κ3) is 3.68. The van der Waals surface area contributed by atoms with E-state index in [2.05, 4.69) is 41.5 Å². The number of carbonyl (C=O) groups is 1. The highest BCUT2D eigenvalue weighted by Gasteiger charge is 2.34. The number of H-pyrrole nitrogens is 1. The van der Waals surface area contributed by atoms with Crippen LogP contribution >= 0.6 is 11.6 Å². The van der Waals surface area contributed by atoms with E-state index < -0.39 is 0 Å². The van der Waals surface area contributed by atoms with E-state index in [1.165, 1.54) is 11.1 Å². The van der Waals surface area contributed by atoms with E-state index in [-0.39, 0.29) is 12.1 Å². The van der Waals surface area contributed by atoms with Crippen LogP contribution < -0.4 is 5.32 Å². The third-order valence-electron chi connectivity index (χ3n) is 6.05. The van der Waals surface area contributed by atoms with Crippen LogP contribution in [0, 0.1) is 13.8 Å². The number of aromatic amines is 1. The minimum Gasteiger partial charge on any atom is -0.356 e. The van der Waals surface area contributed by atoms with Gasteiger partial charge in [0.2, 0.25) is 0 Å². The number of nitrogens with one attached hydrogen (secondary N) is 2. The number of fused-ring (bicyclic) bond motifs is 3. The number of amides is 2. The van der Waals surface area contributed by atoms with Crippen molar-refractivity contribution in [3.63, 3.8) is 0 Å². The molecule has 0 fully saturated rings. The minimum absolute atomic E-state index is 0.100. The first-order chi connectivity index (χ1) is 15.0. The first-order valence-electron chi connectivity index (χ1n) is 10.5. The molecular weight excluding hydrogens is 406 g/mol. The van der Waals surface area contributed by atoms with Crippen molar-refractivity contribution < 1.29 is 4.79 Å². The number of nitrogens with zero attached hydrogens (tertiary/aromatic N) is 1. The van der Waals surface area contributed by atoms with Crippen molar-refractivity contribution in [2.24, 2.45) is 0 Å². The van der Waals surface area contributed by atoms with Gasteiger partial charge < -0.3 is 15.2 Å². The van der Waals surface area contributed by atoms with Gasteiger partial charge in [-0.05, 0) is 61.7 Å². The zero-order chi connectivity index (χ0) is 21.5. The van der Waals surface area contributed by atoms with Gasteiger partial charge in [-0.2, -0.15) is 0 Å². The van der Waals surface area contributed by atoms with E-state index in [0.717, 1.165) is 44.9 Å². The summed E-state index contributed by atoms with van der Waals surface area (Å²) in [6, 6.07) is 21.9. The highest BCUT2D eigenvalue weighted by Crippen LogP contribution is 2.39. The highest BCUT2D eigenvalue weighted by molar-refractivity contribution is 6.31. The van der Waals surface area contributed by atoms with Crippen molar-refractivity contribution in [2.45, 2.75) is 26.3 Å². The maximum atomic E-state index is 13.4. The average molecular weight is 430 g/mol. The monoisotopic (exact) mass is 429 g/mol. The van der Waals surface area contributed by atoms with Crippen LogP contribution in [-0.4, -0.2) is 22.5 Å². The van der Waals surface area contributed by atoms with Crippen molar-refractivity contribution in [1.29, 1.82) is 0 Å². The Morgan fingerprint density at radius 2 is 1.68 bits per heavy atom. The van der Waals surface area contributed by atoms with E-state index in [0.29, 0.717) is 6.54 Å². The molecule has 2 amide bonds. The van der Waals surface area contributed by atoms with Gasteiger partial charge in [0.1, 0.15) is 0 Å². The second-order valence-corrected chi connectivity index (χ2v) is 8.70. The molecule has 156 valence electrons. The molecule has 1 aliphatic heterocycles. The second-order valence-electron chi connectivity index (χ2n) is 8.26. The fourth-order valence-corrected chi connectivity index (χ4v) is 4.58. The van der Waals surface area contributed by atoms with Crippen molar-refractivity contribution in [3.05, 3.63) is 99.7 Å². The predicted molar refractivity (Wildman–Crippen MR) is 127 cm³/mol. The fraction of sp³-hybridized carbons (Fsp3) is 0.192. The molecule has 4 nitrogen and oxygen atoms in total. The molecule has 0 radical (unpaired) electrons. The molecule has 5 rings (SSSR count). The van der Waals surface area contributed by atoms with Crippen LogP contribution in [0.1, 0.15) is 34.0 Å². The lowest BCUT2D eigenvalue weighted by molar-refractivity contribution is 0.193. The number of anilines is 1. The molecule has 2 N–H and O–H groups in total. The molecular formula is C26H24ClN3O. The minimum atomic E-state index is -0.194. The summed E-state index contributed by atoms with van der Waals surface area (Å²) in [6.07, 6.45) is 0.777. The van der Waals surface area contributed by atoms with Crippen LogP contribution in [0.4, 0.5) is 10.5 Å². The smallest absolute Gasteiger partial charge is 0.322 e. The molecule has 1 unspecified atom stereocenters. The number of rotatable bonds is 2. The van der Waals surface area contributed by atoms with Crippen LogP contribution in [-0.2, 0) is 6.42 Å². The Balaban J connectivity index is 1.58. The van der Waals surface area contributed by atoms with E-state index in [1.54, 1.807) is 0 Å².